The summed E-state index contributed by atoms with van der Waals surface area (Å²) in [7, 11) is 0. The molecule has 4 nitrogen and oxygen atoms in total. The average molecular weight is 333 g/mol. The number of carbonyl (C=O) groups is 1. The summed E-state index contributed by atoms with van der Waals surface area (Å²) < 4.78 is 1.74. The molecule has 128 valence electrons. The Morgan fingerprint density at radius 1 is 1.04 bits per heavy atom. The standard InChI is InChI=1S/C21H23N3O/c1-4-24-19(15-16(2)23-24)20(25)22-21(3,17-11-7-5-8-12-17)18-13-9-6-10-14-18/h5-15H,4H2,1-3H3,(H,22,25). The molecule has 1 N–H and O–H groups in total. The van der Waals surface area contributed by atoms with Crippen molar-refractivity contribution in [3.63, 3.8) is 0 Å². The van der Waals surface area contributed by atoms with E-state index < -0.39 is 5.54 Å². The van der Waals surface area contributed by atoms with Gasteiger partial charge in [0, 0.05) is 6.54 Å². The number of benzene rings is 2. The van der Waals surface area contributed by atoms with Crippen LogP contribution in [0.5, 0.6) is 0 Å². The van der Waals surface area contributed by atoms with E-state index in [2.05, 4.69) is 10.4 Å². The first-order chi connectivity index (χ1) is 12.0. The number of carbonyl (C=O) groups excluding carboxylic acids is 1. The highest BCUT2D eigenvalue weighted by atomic mass is 16.2. The Balaban J connectivity index is 2.03. The van der Waals surface area contributed by atoms with Gasteiger partial charge >= 0.3 is 0 Å². The molecular formula is C21H23N3O. The average Bonchev–Trinajstić information content (AvgIpc) is 3.04. The first-order valence-electron chi connectivity index (χ1n) is 8.52. The van der Waals surface area contributed by atoms with Crippen LogP contribution in [-0.2, 0) is 12.1 Å². The molecule has 0 fully saturated rings. The number of hydrogen-bond donors (Lipinski definition) is 1. The molecule has 0 aliphatic carbocycles. The second kappa shape index (κ2) is 6.93. The van der Waals surface area contributed by atoms with Gasteiger partial charge in [-0.2, -0.15) is 5.10 Å². The molecule has 0 saturated heterocycles. The highest BCUT2D eigenvalue weighted by molar-refractivity contribution is 5.93. The predicted octanol–water partition coefficient (Wildman–Crippen LogP) is 3.90. The van der Waals surface area contributed by atoms with Gasteiger partial charge in [0.25, 0.3) is 5.91 Å². The van der Waals surface area contributed by atoms with Crippen molar-refractivity contribution in [2.45, 2.75) is 32.9 Å². The van der Waals surface area contributed by atoms with Gasteiger partial charge in [-0.15, -0.1) is 0 Å². The van der Waals surface area contributed by atoms with Crippen molar-refractivity contribution in [2.24, 2.45) is 0 Å². The van der Waals surface area contributed by atoms with E-state index in [1.807, 2.05) is 87.5 Å². The monoisotopic (exact) mass is 333 g/mol. The summed E-state index contributed by atoms with van der Waals surface area (Å²) in [6.45, 7) is 6.58. The lowest BCUT2D eigenvalue weighted by Crippen LogP contribution is -2.45. The molecule has 2 aromatic carbocycles. The van der Waals surface area contributed by atoms with Gasteiger partial charge in [0.2, 0.25) is 0 Å². The summed E-state index contributed by atoms with van der Waals surface area (Å²) in [6.07, 6.45) is 0. The van der Waals surface area contributed by atoms with Crippen LogP contribution in [0.4, 0.5) is 0 Å². The summed E-state index contributed by atoms with van der Waals surface area (Å²) in [5, 5.41) is 7.61. The fraction of sp³-hybridized carbons (Fsp3) is 0.238. The SMILES string of the molecule is CCn1nc(C)cc1C(=O)NC(C)(c1ccccc1)c1ccccc1. The third-order valence-electron chi connectivity index (χ3n) is 4.50. The molecule has 0 radical (unpaired) electrons. The smallest absolute Gasteiger partial charge is 0.270 e. The quantitative estimate of drug-likeness (QED) is 0.769. The van der Waals surface area contributed by atoms with Crippen LogP contribution in [0.25, 0.3) is 0 Å². The number of aryl methyl sites for hydroxylation is 2. The maximum Gasteiger partial charge on any atom is 0.270 e. The van der Waals surface area contributed by atoms with Crippen LogP contribution < -0.4 is 5.32 Å². The maximum absolute atomic E-state index is 13.0. The molecule has 0 aliphatic rings. The number of amides is 1. The number of aromatic nitrogens is 2. The molecule has 4 heteroatoms. The molecule has 1 heterocycles. The van der Waals surface area contributed by atoms with E-state index in [1.165, 1.54) is 0 Å². The molecule has 0 unspecified atom stereocenters. The van der Waals surface area contributed by atoms with E-state index in [9.17, 15) is 4.79 Å². The van der Waals surface area contributed by atoms with Crippen molar-refractivity contribution in [3.8, 4) is 0 Å². The highest BCUT2D eigenvalue weighted by Crippen LogP contribution is 2.29. The van der Waals surface area contributed by atoms with Crippen molar-refractivity contribution in [1.29, 1.82) is 0 Å². The summed E-state index contributed by atoms with van der Waals surface area (Å²) in [5.74, 6) is -0.127. The van der Waals surface area contributed by atoms with Gasteiger partial charge in [0.1, 0.15) is 5.69 Å². The maximum atomic E-state index is 13.0. The Bertz CT molecular complexity index is 814. The minimum Gasteiger partial charge on any atom is -0.337 e. The third kappa shape index (κ3) is 3.33. The van der Waals surface area contributed by atoms with Crippen LogP contribution in [-0.4, -0.2) is 15.7 Å². The van der Waals surface area contributed by atoms with E-state index in [-0.39, 0.29) is 5.91 Å². The van der Waals surface area contributed by atoms with Gasteiger partial charge in [0.15, 0.2) is 0 Å². The van der Waals surface area contributed by atoms with Crippen LogP contribution in [0, 0.1) is 6.92 Å². The number of hydrogen-bond acceptors (Lipinski definition) is 2. The second-order valence-electron chi connectivity index (χ2n) is 6.30. The van der Waals surface area contributed by atoms with E-state index in [0.717, 1.165) is 16.8 Å². The molecule has 0 atom stereocenters. The summed E-state index contributed by atoms with van der Waals surface area (Å²) in [4.78, 5) is 13.0. The van der Waals surface area contributed by atoms with Gasteiger partial charge in [0.05, 0.1) is 11.2 Å². The van der Waals surface area contributed by atoms with E-state index in [1.54, 1.807) is 4.68 Å². The molecule has 0 spiro atoms. The van der Waals surface area contributed by atoms with Gasteiger partial charge in [-0.3, -0.25) is 9.48 Å². The Morgan fingerprint density at radius 2 is 1.56 bits per heavy atom. The van der Waals surface area contributed by atoms with Gasteiger partial charge in [-0.05, 0) is 38.0 Å². The highest BCUT2D eigenvalue weighted by Gasteiger charge is 2.31. The van der Waals surface area contributed by atoms with Crippen LogP contribution >= 0.6 is 0 Å². The molecular weight excluding hydrogens is 310 g/mol. The summed E-state index contributed by atoms with van der Waals surface area (Å²) in [6, 6.07) is 21.9. The van der Waals surface area contributed by atoms with Gasteiger partial charge in [-0.25, -0.2) is 0 Å². The Hall–Kier alpha value is -2.88. The number of rotatable bonds is 5. The van der Waals surface area contributed by atoms with E-state index >= 15 is 0 Å². The molecule has 1 aromatic heterocycles. The third-order valence-corrected chi connectivity index (χ3v) is 4.50. The lowest BCUT2D eigenvalue weighted by atomic mass is 9.84. The van der Waals surface area contributed by atoms with Crippen molar-refractivity contribution < 1.29 is 4.79 Å². The topological polar surface area (TPSA) is 46.9 Å². The van der Waals surface area contributed by atoms with Crippen LogP contribution in [0.3, 0.4) is 0 Å². The molecule has 25 heavy (non-hydrogen) atoms. The van der Waals surface area contributed by atoms with Crippen LogP contribution in [0.1, 0.15) is 41.2 Å². The van der Waals surface area contributed by atoms with Crippen LogP contribution in [0.2, 0.25) is 0 Å². The van der Waals surface area contributed by atoms with E-state index in [4.69, 9.17) is 0 Å². The van der Waals surface area contributed by atoms with Crippen LogP contribution in [0.15, 0.2) is 66.7 Å². The Kier molecular flexibility index (Phi) is 4.70. The first kappa shape index (κ1) is 17.0. The van der Waals surface area contributed by atoms with Gasteiger partial charge < -0.3 is 5.32 Å². The fourth-order valence-corrected chi connectivity index (χ4v) is 3.11. The largest absolute Gasteiger partial charge is 0.337 e. The Morgan fingerprint density at radius 3 is 2.04 bits per heavy atom. The molecule has 0 aliphatic heterocycles. The van der Waals surface area contributed by atoms with E-state index in [0.29, 0.717) is 12.2 Å². The molecule has 1 amide bonds. The zero-order chi connectivity index (χ0) is 17.9. The normalized spacial score (nSPS) is 11.3. The predicted molar refractivity (Wildman–Crippen MR) is 99.4 cm³/mol. The fourth-order valence-electron chi connectivity index (χ4n) is 3.11. The van der Waals surface area contributed by atoms with Crippen molar-refractivity contribution in [1.82, 2.24) is 15.1 Å². The minimum absolute atomic E-state index is 0.127. The lowest BCUT2D eigenvalue weighted by molar-refractivity contribution is 0.0908. The second-order valence-corrected chi connectivity index (χ2v) is 6.30. The number of nitrogens with one attached hydrogen (secondary N) is 1. The molecule has 0 saturated carbocycles. The zero-order valence-corrected chi connectivity index (χ0v) is 14.9. The zero-order valence-electron chi connectivity index (χ0n) is 14.9. The van der Waals surface area contributed by atoms with Crippen molar-refractivity contribution >= 4 is 5.91 Å². The van der Waals surface area contributed by atoms with Crippen molar-refractivity contribution in [3.05, 3.63) is 89.2 Å². The van der Waals surface area contributed by atoms with Crippen molar-refractivity contribution in [2.75, 3.05) is 0 Å². The first-order valence-corrected chi connectivity index (χ1v) is 8.52. The summed E-state index contributed by atoms with van der Waals surface area (Å²) >= 11 is 0. The van der Waals surface area contributed by atoms with Gasteiger partial charge in [-0.1, -0.05) is 60.7 Å². The molecule has 0 bridgehead atoms. The molecule has 3 aromatic rings. The minimum atomic E-state index is -0.629. The molecule has 3 rings (SSSR count). The lowest BCUT2D eigenvalue weighted by Gasteiger charge is -2.32. The number of nitrogens with zero attached hydrogens (tertiary/aromatic N) is 2. The Labute approximate surface area is 148 Å². The summed E-state index contributed by atoms with van der Waals surface area (Å²) in [5.41, 5.74) is 2.87.